The number of nitrogens with one attached hydrogen (secondary N) is 1. The minimum atomic E-state index is -0.580. The molecule has 0 aliphatic heterocycles. The van der Waals surface area contributed by atoms with Gasteiger partial charge in [0.15, 0.2) is 0 Å². The highest BCUT2D eigenvalue weighted by atomic mass is 16.6. The summed E-state index contributed by atoms with van der Waals surface area (Å²) in [4.78, 5) is 25.2. The van der Waals surface area contributed by atoms with Crippen molar-refractivity contribution in [3.8, 4) is 11.8 Å². The van der Waals surface area contributed by atoms with Crippen molar-refractivity contribution in [2.45, 2.75) is 32.8 Å². The molecular weight excluding hydrogens is 274 g/mol. The molecule has 21 heavy (non-hydrogen) atoms. The summed E-state index contributed by atoms with van der Waals surface area (Å²) in [6.45, 7) is 5.62. The number of aromatic nitrogens is 1. The Balaban J connectivity index is 2.48. The van der Waals surface area contributed by atoms with Crippen LogP contribution in [0, 0.1) is 22.0 Å². The lowest BCUT2D eigenvalue weighted by atomic mass is 10.2. The zero-order valence-corrected chi connectivity index (χ0v) is 12.2. The summed E-state index contributed by atoms with van der Waals surface area (Å²) in [5.41, 5.74) is -0.300. The van der Waals surface area contributed by atoms with Gasteiger partial charge >= 0.3 is 11.9 Å². The maximum absolute atomic E-state index is 11.4. The van der Waals surface area contributed by atoms with Crippen LogP contribution in [-0.4, -0.2) is 28.1 Å². The molecule has 1 rings (SSSR count). The van der Waals surface area contributed by atoms with Gasteiger partial charge in [0.25, 0.3) is 0 Å². The van der Waals surface area contributed by atoms with Crippen molar-refractivity contribution in [3.63, 3.8) is 0 Å². The highest BCUT2D eigenvalue weighted by molar-refractivity contribution is 5.67. The zero-order valence-electron chi connectivity index (χ0n) is 12.2. The van der Waals surface area contributed by atoms with Crippen LogP contribution in [0.25, 0.3) is 0 Å². The Morgan fingerprint density at radius 1 is 1.52 bits per heavy atom. The van der Waals surface area contributed by atoms with E-state index in [2.05, 4.69) is 22.1 Å². The van der Waals surface area contributed by atoms with Gasteiger partial charge in [0.1, 0.15) is 17.4 Å². The number of alkyl carbamates (subject to hydrolysis) is 1. The first-order valence-corrected chi connectivity index (χ1v) is 6.35. The Morgan fingerprint density at radius 2 is 2.24 bits per heavy atom. The third-order valence-corrected chi connectivity index (χ3v) is 2.10. The van der Waals surface area contributed by atoms with Gasteiger partial charge in [0, 0.05) is 13.0 Å². The molecule has 0 spiro atoms. The van der Waals surface area contributed by atoms with E-state index in [1.165, 1.54) is 12.3 Å². The van der Waals surface area contributed by atoms with Crippen LogP contribution in [-0.2, 0) is 4.74 Å². The van der Waals surface area contributed by atoms with E-state index in [1.807, 2.05) is 0 Å². The first kappa shape index (κ1) is 16.4. The van der Waals surface area contributed by atoms with E-state index in [0.29, 0.717) is 13.0 Å². The molecule has 0 saturated carbocycles. The summed E-state index contributed by atoms with van der Waals surface area (Å²) in [7, 11) is 0. The van der Waals surface area contributed by atoms with Gasteiger partial charge in [-0.15, -0.1) is 0 Å². The molecule has 0 bridgehead atoms. The molecule has 0 fully saturated rings. The van der Waals surface area contributed by atoms with Crippen molar-refractivity contribution < 1.29 is 14.5 Å². The topological polar surface area (TPSA) is 94.4 Å². The fourth-order valence-corrected chi connectivity index (χ4v) is 1.34. The molecule has 0 unspecified atom stereocenters. The fourth-order valence-electron chi connectivity index (χ4n) is 1.34. The lowest BCUT2D eigenvalue weighted by Gasteiger charge is -2.19. The van der Waals surface area contributed by atoms with Crippen LogP contribution in [0.3, 0.4) is 0 Å². The molecule has 1 N–H and O–H groups in total. The first-order chi connectivity index (χ1) is 9.79. The Hall–Kier alpha value is -2.62. The third-order valence-electron chi connectivity index (χ3n) is 2.10. The van der Waals surface area contributed by atoms with Gasteiger partial charge in [-0.1, -0.05) is 11.8 Å². The van der Waals surface area contributed by atoms with Gasteiger partial charge in [0.05, 0.1) is 0 Å². The second-order valence-electron chi connectivity index (χ2n) is 5.11. The number of rotatable bonds is 3. The Morgan fingerprint density at radius 3 is 2.86 bits per heavy atom. The second-order valence-corrected chi connectivity index (χ2v) is 5.11. The maximum atomic E-state index is 11.4. The van der Waals surface area contributed by atoms with E-state index in [-0.39, 0.29) is 11.4 Å². The van der Waals surface area contributed by atoms with Gasteiger partial charge in [-0.2, -0.15) is 0 Å². The van der Waals surface area contributed by atoms with Crippen molar-refractivity contribution in [1.82, 2.24) is 10.3 Å². The maximum Gasteiger partial charge on any atom is 0.407 e. The minimum absolute atomic E-state index is 0.250. The lowest BCUT2D eigenvalue weighted by molar-refractivity contribution is -0.389. The van der Waals surface area contributed by atoms with E-state index >= 15 is 0 Å². The third kappa shape index (κ3) is 6.38. The molecule has 1 aromatic heterocycles. The van der Waals surface area contributed by atoms with Crippen molar-refractivity contribution >= 4 is 11.9 Å². The van der Waals surface area contributed by atoms with E-state index in [1.54, 1.807) is 26.8 Å². The van der Waals surface area contributed by atoms with Crippen LogP contribution in [0.5, 0.6) is 0 Å². The number of carbonyl (C=O) groups is 1. The lowest BCUT2D eigenvalue weighted by Crippen LogP contribution is -2.32. The van der Waals surface area contributed by atoms with E-state index in [4.69, 9.17) is 4.74 Å². The Bertz CT molecular complexity index is 582. The zero-order chi connectivity index (χ0) is 15.9. The Labute approximate surface area is 122 Å². The number of pyridine rings is 1. The van der Waals surface area contributed by atoms with Crippen molar-refractivity contribution in [2.75, 3.05) is 6.54 Å². The highest BCUT2D eigenvalue weighted by Crippen LogP contribution is 2.12. The van der Waals surface area contributed by atoms with Crippen LogP contribution < -0.4 is 5.32 Å². The van der Waals surface area contributed by atoms with Crippen LogP contribution in [0.1, 0.15) is 32.8 Å². The highest BCUT2D eigenvalue weighted by Gasteiger charge is 2.15. The van der Waals surface area contributed by atoms with Gasteiger partial charge in [0.2, 0.25) is 0 Å². The average molecular weight is 291 g/mol. The first-order valence-electron chi connectivity index (χ1n) is 6.35. The Kier molecular flexibility index (Phi) is 5.67. The van der Waals surface area contributed by atoms with Crippen molar-refractivity contribution in [2.24, 2.45) is 0 Å². The molecule has 0 saturated heterocycles. The predicted octanol–water partition coefficient (Wildman–Crippen LogP) is 2.26. The number of amides is 1. The number of nitrogens with zero attached hydrogens (tertiary/aromatic N) is 2. The molecule has 112 valence electrons. The number of hydrogen-bond donors (Lipinski definition) is 1. The molecule has 1 amide bonds. The van der Waals surface area contributed by atoms with Gasteiger partial charge in [-0.05, 0) is 42.8 Å². The van der Waals surface area contributed by atoms with Gasteiger partial charge < -0.3 is 20.2 Å². The summed E-state index contributed by atoms with van der Waals surface area (Å²) in [5, 5.41) is 13.3. The smallest absolute Gasteiger partial charge is 0.407 e. The normalized spacial score (nSPS) is 10.2. The number of ether oxygens (including phenoxy) is 1. The molecule has 7 nitrogen and oxygen atoms in total. The molecule has 0 radical (unpaired) electrons. The quantitative estimate of drug-likeness (QED) is 0.399. The molecular formula is C14H17N3O4. The van der Waals surface area contributed by atoms with Crippen molar-refractivity contribution in [3.05, 3.63) is 34.0 Å². The minimum Gasteiger partial charge on any atom is -0.444 e. The SMILES string of the molecule is CC(C)(C)OC(=O)NCCC#Cc1cccnc1[N+](=O)[O-]. The van der Waals surface area contributed by atoms with E-state index in [9.17, 15) is 14.9 Å². The standard InChI is InChI=1S/C14H17N3O4/c1-14(2,3)21-13(18)16-9-5-4-7-11-8-6-10-15-12(11)17(19)20/h6,8,10H,5,9H2,1-3H3,(H,16,18). The summed E-state index contributed by atoms with van der Waals surface area (Å²) in [5.74, 6) is 5.15. The number of nitro groups is 1. The summed E-state index contributed by atoms with van der Waals surface area (Å²) in [6.07, 6.45) is 1.18. The molecule has 1 heterocycles. The summed E-state index contributed by atoms with van der Waals surface area (Å²) >= 11 is 0. The van der Waals surface area contributed by atoms with Gasteiger partial charge in [-0.25, -0.2) is 4.79 Å². The van der Waals surface area contributed by atoms with E-state index < -0.39 is 16.6 Å². The molecule has 1 aromatic rings. The second kappa shape index (κ2) is 7.24. The molecule has 0 aliphatic rings. The molecule has 7 heteroatoms. The number of hydrogen-bond acceptors (Lipinski definition) is 5. The van der Waals surface area contributed by atoms with E-state index in [0.717, 1.165) is 0 Å². The van der Waals surface area contributed by atoms with Crippen LogP contribution in [0.15, 0.2) is 18.3 Å². The summed E-state index contributed by atoms with van der Waals surface area (Å²) in [6, 6.07) is 3.11. The predicted molar refractivity (Wildman–Crippen MR) is 76.6 cm³/mol. The fraction of sp³-hybridized carbons (Fsp3) is 0.429. The van der Waals surface area contributed by atoms with Gasteiger partial charge in [-0.3, -0.25) is 0 Å². The average Bonchev–Trinajstić information content (AvgIpc) is 2.36. The largest absolute Gasteiger partial charge is 0.444 e. The number of carbonyl (C=O) groups excluding carboxylic acids is 1. The monoisotopic (exact) mass is 291 g/mol. The molecule has 0 aliphatic carbocycles. The van der Waals surface area contributed by atoms with Crippen LogP contribution >= 0.6 is 0 Å². The van der Waals surface area contributed by atoms with Crippen molar-refractivity contribution in [1.29, 1.82) is 0 Å². The molecule has 0 atom stereocenters. The van der Waals surface area contributed by atoms with Crippen LogP contribution in [0.2, 0.25) is 0 Å². The van der Waals surface area contributed by atoms with Crippen LogP contribution in [0.4, 0.5) is 10.6 Å². The summed E-state index contributed by atoms with van der Waals surface area (Å²) < 4.78 is 5.06. The molecule has 0 aromatic carbocycles.